The molecular weight excluding hydrogens is 254 g/mol. The number of aryl methyl sites for hydroxylation is 1. The van der Waals surface area contributed by atoms with E-state index < -0.39 is 5.97 Å². The summed E-state index contributed by atoms with van der Waals surface area (Å²) in [7, 11) is 1.98. The van der Waals surface area contributed by atoms with Crippen molar-refractivity contribution in [3.05, 3.63) is 35.7 Å². The van der Waals surface area contributed by atoms with E-state index >= 15 is 0 Å². The van der Waals surface area contributed by atoms with E-state index in [1.165, 1.54) is 0 Å². The van der Waals surface area contributed by atoms with Crippen molar-refractivity contribution in [1.29, 1.82) is 0 Å². The Labute approximate surface area is 116 Å². The molecule has 104 valence electrons. The number of imidazole rings is 1. The Kier molecular flexibility index (Phi) is 2.87. The van der Waals surface area contributed by atoms with Crippen molar-refractivity contribution in [3.8, 4) is 0 Å². The van der Waals surface area contributed by atoms with Crippen molar-refractivity contribution in [2.45, 2.75) is 24.8 Å². The van der Waals surface area contributed by atoms with Gasteiger partial charge in [0.15, 0.2) is 0 Å². The fourth-order valence-corrected chi connectivity index (χ4v) is 2.71. The molecule has 0 aliphatic heterocycles. The third-order valence-electron chi connectivity index (χ3n) is 4.01. The second kappa shape index (κ2) is 4.45. The Morgan fingerprint density at radius 3 is 2.85 bits per heavy atom. The minimum Gasteiger partial charge on any atom is -0.478 e. The Morgan fingerprint density at radius 1 is 1.50 bits per heavy atom. The largest absolute Gasteiger partial charge is 0.478 e. The highest BCUT2D eigenvalue weighted by Gasteiger charge is 2.38. The number of aromatic nitrogens is 2. The van der Waals surface area contributed by atoms with Gasteiger partial charge in [-0.3, -0.25) is 0 Å². The van der Waals surface area contributed by atoms with Gasteiger partial charge in [-0.25, -0.2) is 9.78 Å². The average Bonchev–Trinajstić information content (AvgIpc) is 2.71. The molecule has 5 nitrogen and oxygen atoms in total. The molecule has 0 radical (unpaired) electrons. The van der Waals surface area contributed by atoms with Gasteiger partial charge in [0.05, 0.1) is 16.6 Å². The molecule has 1 aromatic heterocycles. The third-order valence-corrected chi connectivity index (χ3v) is 4.01. The van der Waals surface area contributed by atoms with Crippen LogP contribution in [0.15, 0.2) is 24.3 Å². The molecule has 0 unspecified atom stereocenters. The van der Waals surface area contributed by atoms with Crippen LogP contribution >= 0.6 is 0 Å². The van der Waals surface area contributed by atoms with Crippen LogP contribution in [0.4, 0.5) is 0 Å². The highest BCUT2D eigenvalue weighted by atomic mass is 16.4. The minimum atomic E-state index is -0.956. The van der Waals surface area contributed by atoms with E-state index in [1.54, 1.807) is 6.08 Å². The first-order valence-electron chi connectivity index (χ1n) is 6.66. The normalized spacial score (nSPS) is 17.5. The van der Waals surface area contributed by atoms with Crippen LogP contribution in [-0.2, 0) is 17.4 Å². The summed E-state index contributed by atoms with van der Waals surface area (Å²) in [6.07, 6.45) is 5.78. The lowest BCUT2D eigenvalue weighted by Gasteiger charge is -2.37. The van der Waals surface area contributed by atoms with Crippen molar-refractivity contribution in [2.24, 2.45) is 12.8 Å². The molecule has 1 aromatic carbocycles. The summed E-state index contributed by atoms with van der Waals surface area (Å²) in [4.78, 5) is 15.2. The second-order valence-corrected chi connectivity index (χ2v) is 5.42. The van der Waals surface area contributed by atoms with E-state index in [-0.39, 0.29) is 5.54 Å². The molecule has 1 aliphatic carbocycles. The molecule has 3 rings (SSSR count). The van der Waals surface area contributed by atoms with Crippen LogP contribution in [0.1, 0.15) is 30.7 Å². The van der Waals surface area contributed by atoms with Crippen molar-refractivity contribution in [2.75, 3.05) is 0 Å². The van der Waals surface area contributed by atoms with Crippen molar-refractivity contribution >= 4 is 23.1 Å². The van der Waals surface area contributed by atoms with E-state index in [2.05, 4.69) is 4.98 Å². The first kappa shape index (κ1) is 12.9. The molecule has 3 N–H and O–H groups in total. The Hall–Kier alpha value is -2.14. The molecule has 1 aliphatic rings. The van der Waals surface area contributed by atoms with E-state index in [4.69, 9.17) is 10.8 Å². The van der Waals surface area contributed by atoms with Gasteiger partial charge in [0.25, 0.3) is 0 Å². The molecule has 20 heavy (non-hydrogen) atoms. The number of carbonyl (C=O) groups is 1. The van der Waals surface area contributed by atoms with Crippen LogP contribution in [0.2, 0.25) is 0 Å². The average molecular weight is 271 g/mol. The van der Waals surface area contributed by atoms with Crippen molar-refractivity contribution < 1.29 is 9.90 Å². The van der Waals surface area contributed by atoms with Gasteiger partial charge in [-0.05, 0) is 43.0 Å². The SMILES string of the molecule is Cn1c(C2(N)CCC2)nc2cc(/C=C/C(=O)O)ccc21. The number of fused-ring (bicyclic) bond motifs is 1. The van der Waals surface area contributed by atoms with Crippen LogP contribution in [-0.4, -0.2) is 20.6 Å². The van der Waals surface area contributed by atoms with Crippen LogP contribution < -0.4 is 5.73 Å². The third kappa shape index (κ3) is 2.00. The molecule has 0 bridgehead atoms. The van der Waals surface area contributed by atoms with E-state index in [1.807, 2.05) is 29.8 Å². The number of nitrogens with zero attached hydrogens (tertiary/aromatic N) is 2. The fourth-order valence-electron chi connectivity index (χ4n) is 2.71. The number of hydrogen-bond acceptors (Lipinski definition) is 3. The maximum absolute atomic E-state index is 10.5. The molecule has 1 saturated carbocycles. The lowest BCUT2D eigenvalue weighted by Crippen LogP contribution is -2.45. The number of aliphatic carboxylic acids is 1. The predicted molar refractivity (Wildman–Crippen MR) is 77.1 cm³/mol. The number of rotatable bonds is 3. The zero-order valence-corrected chi connectivity index (χ0v) is 11.3. The summed E-state index contributed by atoms with van der Waals surface area (Å²) in [5.74, 6) is -0.0414. The van der Waals surface area contributed by atoms with E-state index in [9.17, 15) is 4.79 Å². The summed E-state index contributed by atoms with van der Waals surface area (Å²) < 4.78 is 2.04. The zero-order chi connectivity index (χ0) is 14.3. The van der Waals surface area contributed by atoms with Crippen LogP contribution in [0, 0.1) is 0 Å². The van der Waals surface area contributed by atoms with Crippen LogP contribution in [0.5, 0.6) is 0 Å². The highest BCUT2D eigenvalue weighted by Crippen LogP contribution is 2.39. The predicted octanol–water partition coefficient (Wildman–Crippen LogP) is 2.01. The first-order valence-corrected chi connectivity index (χ1v) is 6.66. The van der Waals surface area contributed by atoms with Crippen molar-refractivity contribution in [1.82, 2.24) is 9.55 Å². The molecule has 0 atom stereocenters. The smallest absolute Gasteiger partial charge is 0.328 e. The van der Waals surface area contributed by atoms with E-state index in [0.29, 0.717) is 0 Å². The lowest BCUT2D eigenvalue weighted by atomic mass is 9.77. The number of carboxylic acids is 1. The summed E-state index contributed by atoms with van der Waals surface area (Å²) in [5, 5.41) is 8.66. The summed E-state index contributed by atoms with van der Waals surface area (Å²) >= 11 is 0. The van der Waals surface area contributed by atoms with Gasteiger partial charge >= 0.3 is 5.97 Å². The Bertz CT molecular complexity index is 711. The Morgan fingerprint density at radius 2 is 2.25 bits per heavy atom. The van der Waals surface area contributed by atoms with Crippen molar-refractivity contribution in [3.63, 3.8) is 0 Å². The number of carboxylic acid groups (broad SMARTS) is 1. The quantitative estimate of drug-likeness (QED) is 0.837. The van der Waals surface area contributed by atoms with E-state index in [0.717, 1.165) is 47.8 Å². The summed E-state index contributed by atoms with van der Waals surface area (Å²) in [6.45, 7) is 0. The molecule has 0 spiro atoms. The van der Waals surface area contributed by atoms with Crippen LogP contribution in [0.25, 0.3) is 17.1 Å². The highest BCUT2D eigenvalue weighted by molar-refractivity contribution is 5.87. The summed E-state index contributed by atoms with van der Waals surface area (Å²) in [6, 6.07) is 5.73. The number of hydrogen-bond donors (Lipinski definition) is 2. The molecule has 0 saturated heterocycles. The topological polar surface area (TPSA) is 81.1 Å². The fraction of sp³-hybridized carbons (Fsp3) is 0.333. The van der Waals surface area contributed by atoms with Gasteiger partial charge < -0.3 is 15.4 Å². The number of benzene rings is 1. The molecule has 2 aromatic rings. The standard InChI is InChI=1S/C15H17N3O2/c1-18-12-5-3-10(4-6-13(19)20)9-11(12)17-14(18)15(16)7-2-8-15/h3-6,9H,2,7-8,16H2,1H3,(H,19,20)/b6-4+. The van der Waals surface area contributed by atoms with Gasteiger partial charge in [0.1, 0.15) is 5.82 Å². The zero-order valence-electron chi connectivity index (χ0n) is 11.3. The number of nitrogens with two attached hydrogens (primary N) is 1. The summed E-state index contributed by atoms with van der Waals surface area (Å²) in [5.41, 5.74) is 8.74. The molecular formula is C15H17N3O2. The van der Waals surface area contributed by atoms with Gasteiger partial charge in [0, 0.05) is 13.1 Å². The first-order chi connectivity index (χ1) is 9.49. The molecule has 5 heteroatoms. The molecule has 0 amide bonds. The molecule has 1 fully saturated rings. The monoisotopic (exact) mass is 271 g/mol. The maximum atomic E-state index is 10.5. The van der Waals surface area contributed by atoms with Crippen LogP contribution in [0.3, 0.4) is 0 Å². The van der Waals surface area contributed by atoms with Gasteiger partial charge in [-0.1, -0.05) is 6.07 Å². The van der Waals surface area contributed by atoms with Gasteiger partial charge in [-0.2, -0.15) is 0 Å². The minimum absolute atomic E-state index is 0.301. The maximum Gasteiger partial charge on any atom is 0.328 e. The lowest BCUT2D eigenvalue weighted by molar-refractivity contribution is -0.131. The Balaban J connectivity index is 2.05. The second-order valence-electron chi connectivity index (χ2n) is 5.42. The van der Waals surface area contributed by atoms with Gasteiger partial charge in [-0.15, -0.1) is 0 Å². The van der Waals surface area contributed by atoms with Gasteiger partial charge in [0.2, 0.25) is 0 Å². The molecule has 1 heterocycles.